The van der Waals surface area contributed by atoms with Gasteiger partial charge in [-0.3, -0.25) is 0 Å². The van der Waals surface area contributed by atoms with Crippen molar-refractivity contribution < 1.29 is 0 Å². The van der Waals surface area contributed by atoms with E-state index in [4.69, 9.17) is 15.0 Å². The Bertz CT molecular complexity index is 2190. The second kappa shape index (κ2) is 10.6. The van der Waals surface area contributed by atoms with Crippen LogP contribution >= 0.6 is 0 Å². The first-order valence-electron chi connectivity index (χ1n) is 16.0. The molecule has 0 unspecified atom stereocenters. The number of benzene rings is 6. The molecule has 0 aliphatic heterocycles. The summed E-state index contributed by atoms with van der Waals surface area (Å²) in [6.07, 6.45) is 0. The minimum absolute atomic E-state index is 0.0211. The van der Waals surface area contributed by atoms with Crippen molar-refractivity contribution >= 4 is 10.8 Å². The van der Waals surface area contributed by atoms with E-state index in [-0.39, 0.29) is 10.8 Å². The van der Waals surface area contributed by atoms with Crippen LogP contribution in [0.15, 0.2) is 140 Å². The molecule has 7 aromatic rings. The van der Waals surface area contributed by atoms with Crippen LogP contribution in [0.5, 0.6) is 0 Å². The Labute approximate surface area is 270 Å². The molecule has 0 saturated heterocycles. The van der Waals surface area contributed by atoms with E-state index in [9.17, 15) is 0 Å². The second-order valence-electron chi connectivity index (χ2n) is 13.3. The van der Waals surface area contributed by atoms with Gasteiger partial charge in [0, 0.05) is 16.7 Å². The average Bonchev–Trinajstić information content (AvgIpc) is 3.11. The minimum atomic E-state index is -0.0605. The van der Waals surface area contributed by atoms with Gasteiger partial charge in [-0.15, -0.1) is 0 Å². The zero-order chi connectivity index (χ0) is 31.5. The van der Waals surface area contributed by atoms with Gasteiger partial charge < -0.3 is 0 Å². The molecule has 0 fully saturated rings. The summed E-state index contributed by atoms with van der Waals surface area (Å²) in [6.45, 7) is 9.55. The molecule has 0 N–H and O–H groups in total. The summed E-state index contributed by atoms with van der Waals surface area (Å²) in [5, 5.41) is 2.29. The molecule has 1 aliphatic rings. The highest BCUT2D eigenvalue weighted by Gasteiger charge is 2.46. The molecule has 222 valence electrons. The van der Waals surface area contributed by atoms with Crippen LogP contribution in [0.1, 0.15) is 38.8 Å². The highest BCUT2D eigenvalue weighted by atomic mass is 15.0. The Hall–Kier alpha value is -5.41. The Morgan fingerprint density at radius 3 is 1.43 bits per heavy atom. The van der Waals surface area contributed by atoms with Crippen molar-refractivity contribution in [3.05, 3.63) is 151 Å². The van der Waals surface area contributed by atoms with Crippen LogP contribution in [0.4, 0.5) is 0 Å². The summed E-state index contributed by atoms with van der Waals surface area (Å²) >= 11 is 0. The summed E-state index contributed by atoms with van der Waals surface area (Å²) in [5.41, 5.74) is 10.7. The highest BCUT2D eigenvalue weighted by molar-refractivity contribution is 6.06. The van der Waals surface area contributed by atoms with Crippen molar-refractivity contribution in [2.24, 2.45) is 0 Å². The highest BCUT2D eigenvalue weighted by Crippen LogP contribution is 2.56. The Balaban J connectivity index is 1.37. The summed E-state index contributed by atoms with van der Waals surface area (Å²) in [7, 11) is 0. The van der Waals surface area contributed by atoms with Gasteiger partial charge in [0.15, 0.2) is 17.5 Å². The van der Waals surface area contributed by atoms with Crippen LogP contribution in [0.3, 0.4) is 0 Å². The van der Waals surface area contributed by atoms with Crippen LogP contribution in [0, 0.1) is 0 Å². The topological polar surface area (TPSA) is 38.7 Å². The third kappa shape index (κ3) is 4.30. The molecule has 0 radical (unpaired) electrons. The quantitative estimate of drug-likeness (QED) is 0.204. The number of hydrogen-bond acceptors (Lipinski definition) is 3. The lowest BCUT2D eigenvalue weighted by Gasteiger charge is -2.48. The molecule has 8 rings (SSSR count). The van der Waals surface area contributed by atoms with Crippen LogP contribution in [0.25, 0.3) is 67.2 Å². The second-order valence-corrected chi connectivity index (χ2v) is 13.3. The fourth-order valence-corrected chi connectivity index (χ4v) is 7.18. The third-order valence-corrected chi connectivity index (χ3v) is 10.3. The smallest absolute Gasteiger partial charge is 0.164 e. The van der Waals surface area contributed by atoms with Crippen LogP contribution < -0.4 is 0 Å². The summed E-state index contributed by atoms with van der Waals surface area (Å²) in [5.74, 6) is 1.99. The fraction of sp³-hybridized carbons (Fsp3) is 0.140. The predicted molar refractivity (Wildman–Crippen MR) is 191 cm³/mol. The van der Waals surface area contributed by atoms with Gasteiger partial charge >= 0.3 is 0 Å². The third-order valence-electron chi connectivity index (χ3n) is 10.3. The standard InChI is InChI=1S/C43H35N3/c1-42(2)36-26-12-11-20-35(36)38-33(24-15-27-37(38)43(42,3)4)31-22-13-23-32-30(31)21-14-25-34(32)41-45-39(28-16-7-5-8-17-28)44-40(46-41)29-18-9-6-10-19-29/h5-27H,1-4H3. The first-order valence-corrected chi connectivity index (χ1v) is 16.0. The average molecular weight is 594 g/mol. The molecule has 0 spiro atoms. The van der Waals surface area contributed by atoms with E-state index in [2.05, 4.69) is 107 Å². The van der Waals surface area contributed by atoms with Crippen LogP contribution in [0.2, 0.25) is 0 Å². The van der Waals surface area contributed by atoms with Crippen molar-refractivity contribution in [2.45, 2.75) is 38.5 Å². The van der Waals surface area contributed by atoms with Gasteiger partial charge in [0.05, 0.1) is 0 Å². The van der Waals surface area contributed by atoms with E-state index in [0.29, 0.717) is 17.5 Å². The Kier molecular flexibility index (Phi) is 6.47. The SMILES string of the molecule is CC1(C)c2ccccc2-c2c(-c3cccc4c(-c5nc(-c6ccccc6)nc(-c6ccccc6)n5)cccc34)cccc2C1(C)C. The maximum absolute atomic E-state index is 5.06. The molecule has 46 heavy (non-hydrogen) atoms. The van der Waals surface area contributed by atoms with Crippen molar-refractivity contribution in [2.75, 3.05) is 0 Å². The molecule has 0 atom stereocenters. The number of nitrogens with zero attached hydrogens (tertiary/aromatic N) is 3. The minimum Gasteiger partial charge on any atom is -0.208 e. The number of aromatic nitrogens is 3. The van der Waals surface area contributed by atoms with Crippen molar-refractivity contribution in [1.29, 1.82) is 0 Å². The molecule has 6 aromatic carbocycles. The van der Waals surface area contributed by atoms with E-state index < -0.39 is 0 Å². The van der Waals surface area contributed by atoms with E-state index >= 15 is 0 Å². The monoisotopic (exact) mass is 593 g/mol. The molecule has 0 saturated carbocycles. The maximum Gasteiger partial charge on any atom is 0.164 e. The number of rotatable bonds is 4. The fourth-order valence-electron chi connectivity index (χ4n) is 7.18. The lowest BCUT2D eigenvalue weighted by atomic mass is 9.55. The molecule has 0 bridgehead atoms. The molecule has 3 heteroatoms. The number of hydrogen-bond donors (Lipinski definition) is 0. The maximum atomic E-state index is 5.06. The molecule has 1 heterocycles. The molecular formula is C43H35N3. The van der Waals surface area contributed by atoms with Gasteiger partial charge in [-0.1, -0.05) is 167 Å². The van der Waals surface area contributed by atoms with Crippen molar-refractivity contribution in [1.82, 2.24) is 15.0 Å². The summed E-state index contributed by atoms with van der Waals surface area (Å²) in [4.78, 5) is 15.0. The lowest BCUT2D eigenvalue weighted by Crippen LogP contribution is -2.43. The van der Waals surface area contributed by atoms with Crippen molar-refractivity contribution in [3.63, 3.8) is 0 Å². The van der Waals surface area contributed by atoms with Gasteiger partial charge in [-0.05, 0) is 55.0 Å². The molecule has 1 aliphatic carbocycles. The summed E-state index contributed by atoms with van der Waals surface area (Å²) in [6, 6.07) is 49.2. The Morgan fingerprint density at radius 2 is 0.783 bits per heavy atom. The van der Waals surface area contributed by atoms with Crippen LogP contribution in [-0.2, 0) is 10.8 Å². The lowest BCUT2D eigenvalue weighted by molar-refractivity contribution is 0.299. The molecule has 3 nitrogen and oxygen atoms in total. The van der Waals surface area contributed by atoms with Gasteiger partial charge in [0.25, 0.3) is 0 Å². The van der Waals surface area contributed by atoms with E-state index in [1.807, 2.05) is 60.7 Å². The largest absolute Gasteiger partial charge is 0.208 e. The zero-order valence-electron chi connectivity index (χ0n) is 26.6. The molecule has 0 amide bonds. The first-order chi connectivity index (χ1) is 22.3. The number of fused-ring (bicyclic) bond motifs is 4. The van der Waals surface area contributed by atoms with E-state index in [1.54, 1.807) is 0 Å². The van der Waals surface area contributed by atoms with Gasteiger partial charge in [-0.25, -0.2) is 15.0 Å². The normalized spacial score (nSPS) is 14.4. The summed E-state index contributed by atoms with van der Waals surface area (Å²) < 4.78 is 0. The molecular weight excluding hydrogens is 558 g/mol. The van der Waals surface area contributed by atoms with E-state index in [0.717, 1.165) is 22.1 Å². The van der Waals surface area contributed by atoms with E-state index in [1.165, 1.54) is 38.8 Å². The Morgan fingerprint density at radius 1 is 0.348 bits per heavy atom. The van der Waals surface area contributed by atoms with Gasteiger partial charge in [-0.2, -0.15) is 0 Å². The first kappa shape index (κ1) is 28.1. The van der Waals surface area contributed by atoms with Gasteiger partial charge in [0.2, 0.25) is 0 Å². The molecule has 1 aromatic heterocycles. The zero-order valence-corrected chi connectivity index (χ0v) is 26.6. The van der Waals surface area contributed by atoms with Crippen LogP contribution in [-0.4, -0.2) is 15.0 Å². The van der Waals surface area contributed by atoms with Crippen molar-refractivity contribution in [3.8, 4) is 56.4 Å². The predicted octanol–water partition coefficient (Wildman–Crippen LogP) is 10.9. The van der Waals surface area contributed by atoms with Gasteiger partial charge in [0.1, 0.15) is 0 Å².